The molecule has 1 aliphatic rings. The molecule has 2 rings (SSSR count). The number of methoxy groups -OCH3 is 1. The van der Waals surface area contributed by atoms with Crippen LogP contribution in [-0.2, 0) is 10.0 Å². The van der Waals surface area contributed by atoms with Gasteiger partial charge in [0.15, 0.2) is 0 Å². The van der Waals surface area contributed by atoms with Crippen molar-refractivity contribution in [3.8, 4) is 5.75 Å². The molecule has 1 atom stereocenters. The van der Waals surface area contributed by atoms with Crippen LogP contribution >= 0.6 is 0 Å². The topological polar surface area (TPSA) is 83.9 Å². The first-order valence-corrected chi connectivity index (χ1v) is 8.83. The maximum absolute atomic E-state index is 12.7. The molecule has 1 aromatic rings. The van der Waals surface area contributed by atoms with Gasteiger partial charge in [0.2, 0.25) is 10.0 Å². The number of benzene rings is 1. The monoisotopic (exact) mass is 339 g/mol. The fraction of sp³-hybridized carbons (Fsp3) is 0.438. The van der Waals surface area contributed by atoms with Gasteiger partial charge in [-0.25, -0.2) is 17.5 Å². The highest BCUT2D eigenvalue weighted by Crippen LogP contribution is 2.26. The van der Waals surface area contributed by atoms with E-state index in [1.54, 1.807) is 0 Å². The van der Waals surface area contributed by atoms with Crippen molar-refractivity contribution >= 4 is 16.0 Å². The molecule has 1 aromatic carbocycles. The van der Waals surface area contributed by atoms with E-state index >= 15 is 0 Å². The van der Waals surface area contributed by atoms with Gasteiger partial charge < -0.3 is 9.84 Å². The summed E-state index contributed by atoms with van der Waals surface area (Å²) < 4.78 is 31.6. The Bertz CT molecular complexity index is 711. The van der Waals surface area contributed by atoms with Gasteiger partial charge in [-0.1, -0.05) is 12.2 Å². The van der Waals surface area contributed by atoms with Crippen molar-refractivity contribution in [2.75, 3.05) is 20.7 Å². The number of hydrogen-bond acceptors (Lipinski definition) is 4. The van der Waals surface area contributed by atoms with Crippen molar-refractivity contribution in [1.82, 2.24) is 4.31 Å². The molecule has 0 bridgehead atoms. The van der Waals surface area contributed by atoms with Gasteiger partial charge in [0.05, 0.1) is 12.0 Å². The van der Waals surface area contributed by atoms with Crippen LogP contribution in [0.15, 0.2) is 35.2 Å². The molecule has 0 aromatic heterocycles. The first-order chi connectivity index (χ1) is 10.9. The lowest BCUT2D eigenvalue weighted by Crippen LogP contribution is -2.32. The first-order valence-electron chi connectivity index (χ1n) is 7.39. The molecule has 0 saturated heterocycles. The van der Waals surface area contributed by atoms with Crippen molar-refractivity contribution in [2.24, 2.45) is 5.92 Å². The molecule has 126 valence electrons. The molecule has 0 aliphatic heterocycles. The van der Waals surface area contributed by atoms with Gasteiger partial charge in [-0.2, -0.15) is 0 Å². The average molecular weight is 339 g/mol. The summed E-state index contributed by atoms with van der Waals surface area (Å²) in [5, 5.41) is 9.19. The van der Waals surface area contributed by atoms with Gasteiger partial charge >= 0.3 is 5.97 Å². The summed E-state index contributed by atoms with van der Waals surface area (Å²) in [6.45, 7) is 0.418. The van der Waals surface area contributed by atoms with E-state index in [2.05, 4.69) is 12.2 Å². The summed E-state index contributed by atoms with van der Waals surface area (Å²) in [6, 6.07) is 3.89. The molecule has 1 aliphatic carbocycles. The lowest BCUT2D eigenvalue weighted by atomic mass is 9.95. The van der Waals surface area contributed by atoms with Crippen LogP contribution in [0.3, 0.4) is 0 Å². The van der Waals surface area contributed by atoms with E-state index in [0.29, 0.717) is 6.54 Å². The van der Waals surface area contributed by atoms with Crippen LogP contribution in [0.2, 0.25) is 0 Å². The Morgan fingerprint density at radius 1 is 1.39 bits per heavy atom. The number of hydrogen-bond donors (Lipinski definition) is 1. The minimum atomic E-state index is -3.73. The third-order valence-electron chi connectivity index (χ3n) is 4.00. The Kier molecular flexibility index (Phi) is 5.43. The van der Waals surface area contributed by atoms with Crippen LogP contribution < -0.4 is 4.74 Å². The maximum atomic E-state index is 12.7. The Labute approximate surface area is 136 Å². The predicted octanol–water partition coefficient (Wildman–Crippen LogP) is 2.37. The van der Waals surface area contributed by atoms with E-state index < -0.39 is 16.0 Å². The van der Waals surface area contributed by atoms with E-state index in [-0.39, 0.29) is 22.1 Å². The zero-order valence-electron chi connectivity index (χ0n) is 13.2. The highest BCUT2D eigenvalue weighted by atomic mass is 32.2. The van der Waals surface area contributed by atoms with Crippen molar-refractivity contribution in [2.45, 2.75) is 24.2 Å². The molecule has 6 nitrogen and oxygen atoms in total. The number of carbonyl (C=O) groups is 1. The second-order valence-electron chi connectivity index (χ2n) is 5.60. The second-order valence-corrected chi connectivity index (χ2v) is 7.65. The molecule has 0 saturated carbocycles. The van der Waals surface area contributed by atoms with Gasteiger partial charge in [0.1, 0.15) is 11.3 Å². The quantitative estimate of drug-likeness (QED) is 0.805. The number of ether oxygens (including phenoxy) is 1. The van der Waals surface area contributed by atoms with Crippen molar-refractivity contribution < 1.29 is 23.1 Å². The summed E-state index contributed by atoms with van der Waals surface area (Å²) in [7, 11) is -0.857. The lowest BCUT2D eigenvalue weighted by Gasteiger charge is -2.24. The molecule has 0 radical (unpaired) electrons. The summed E-state index contributed by atoms with van der Waals surface area (Å²) in [4.78, 5) is 11.2. The van der Waals surface area contributed by atoms with Crippen molar-refractivity contribution in [3.63, 3.8) is 0 Å². The molecule has 1 unspecified atom stereocenters. The fourth-order valence-electron chi connectivity index (χ4n) is 2.68. The van der Waals surface area contributed by atoms with Gasteiger partial charge in [-0.05, 0) is 43.4 Å². The standard InChI is InChI=1S/C16H21NO5S/c1-17(11-12-6-4-3-5-7-12)23(20,21)13-8-9-15(22-2)14(10-13)16(18)19/h3-4,8-10,12H,5-7,11H2,1-2H3,(H,18,19). The van der Waals surface area contributed by atoms with Gasteiger partial charge in [0.25, 0.3) is 0 Å². The fourth-order valence-corrected chi connectivity index (χ4v) is 3.95. The second kappa shape index (κ2) is 7.14. The zero-order chi connectivity index (χ0) is 17.0. The number of carboxylic acids is 1. The molecule has 0 spiro atoms. The number of carboxylic acid groups (broad SMARTS) is 1. The maximum Gasteiger partial charge on any atom is 0.339 e. The number of nitrogens with zero attached hydrogens (tertiary/aromatic N) is 1. The van der Waals surface area contributed by atoms with Crippen LogP contribution in [0, 0.1) is 5.92 Å². The smallest absolute Gasteiger partial charge is 0.339 e. The minimum absolute atomic E-state index is 0.0375. The zero-order valence-corrected chi connectivity index (χ0v) is 14.0. The molecule has 0 fully saturated rings. The normalized spacial score (nSPS) is 18.1. The van der Waals surface area contributed by atoms with E-state index in [4.69, 9.17) is 4.74 Å². The molecule has 0 heterocycles. The lowest BCUT2D eigenvalue weighted by molar-refractivity contribution is 0.0693. The van der Waals surface area contributed by atoms with E-state index in [0.717, 1.165) is 25.3 Å². The van der Waals surface area contributed by atoms with E-state index in [1.807, 2.05) is 0 Å². The Morgan fingerprint density at radius 2 is 2.13 bits per heavy atom. The first kappa shape index (κ1) is 17.5. The van der Waals surface area contributed by atoms with E-state index in [9.17, 15) is 18.3 Å². The predicted molar refractivity (Wildman–Crippen MR) is 86.3 cm³/mol. The van der Waals surface area contributed by atoms with Gasteiger partial charge in [-0.15, -0.1) is 0 Å². The minimum Gasteiger partial charge on any atom is -0.496 e. The molecular formula is C16H21NO5S. The average Bonchev–Trinajstić information content (AvgIpc) is 2.54. The summed E-state index contributed by atoms with van der Waals surface area (Å²) in [6.07, 6.45) is 6.96. The Hall–Kier alpha value is -1.86. The van der Waals surface area contributed by atoms with Crippen LogP contribution in [0.25, 0.3) is 0 Å². The van der Waals surface area contributed by atoms with Crippen LogP contribution in [0.1, 0.15) is 29.6 Å². The summed E-state index contributed by atoms with van der Waals surface area (Å²) >= 11 is 0. The number of rotatable bonds is 6. The van der Waals surface area contributed by atoms with E-state index in [1.165, 1.54) is 30.6 Å². The van der Waals surface area contributed by atoms with Gasteiger partial charge in [0, 0.05) is 13.6 Å². The highest BCUT2D eigenvalue weighted by molar-refractivity contribution is 7.89. The SMILES string of the molecule is COc1ccc(S(=O)(=O)N(C)CC2CC=CCC2)cc1C(=O)O. The van der Waals surface area contributed by atoms with Gasteiger partial charge in [-0.3, -0.25) is 0 Å². The van der Waals surface area contributed by atoms with Crippen LogP contribution in [-0.4, -0.2) is 44.5 Å². The van der Waals surface area contributed by atoms with Crippen molar-refractivity contribution in [3.05, 3.63) is 35.9 Å². The number of sulfonamides is 1. The highest BCUT2D eigenvalue weighted by Gasteiger charge is 2.26. The molecule has 0 amide bonds. The summed E-state index contributed by atoms with van der Waals surface area (Å²) in [5.74, 6) is -0.799. The van der Waals surface area contributed by atoms with Crippen molar-refractivity contribution in [1.29, 1.82) is 0 Å². The van der Waals surface area contributed by atoms with Crippen LogP contribution in [0.5, 0.6) is 5.75 Å². The summed E-state index contributed by atoms with van der Waals surface area (Å²) in [5.41, 5.74) is -0.164. The third-order valence-corrected chi connectivity index (χ3v) is 5.82. The largest absolute Gasteiger partial charge is 0.496 e. The molecule has 7 heteroatoms. The number of allylic oxidation sites excluding steroid dienone is 2. The third kappa shape index (κ3) is 3.92. The Balaban J connectivity index is 2.26. The molecule has 1 N–H and O–H groups in total. The number of aromatic carboxylic acids is 1. The molecule has 23 heavy (non-hydrogen) atoms. The molecular weight excluding hydrogens is 318 g/mol. The Morgan fingerprint density at radius 3 is 2.70 bits per heavy atom. The van der Waals surface area contributed by atoms with Crippen LogP contribution in [0.4, 0.5) is 0 Å².